The lowest BCUT2D eigenvalue weighted by molar-refractivity contribution is -0.192. The second-order valence-electron chi connectivity index (χ2n) is 6.74. The molecule has 17 heavy (non-hydrogen) atoms. The van der Waals surface area contributed by atoms with Gasteiger partial charge in [0.1, 0.15) is 0 Å². The fraction of sp³-hybridized carbons (Fsp3) is 0.923. The number of halogens is 1. The maximum Gasteiger partial charge on any atom is 0.187 e. The van der Waals surface area contributed by atoms with Gasteiger partial charge in [0.15, 0.2) is 5.79 Å². The highest BCUT2D eigenvalue weighted by atomic mass is 79.9. The standard InChI is InChI=1S/C13H12BrNO2/c14-12-7-5-6(7)11(1-2-15)9(10(11)12)8(5)13(12)16-3-4-17-13/h5-10H,1,3-4H2/t5-,6+,7+,8+,9+,10+,11+,12-/m0/s1. The molecule has 4 heteroatoms. The van der Waals surface area contributed by atoms with Gasteiger partial charge in [0.25, 0.3) is 0 Å². The zero-order valence-electron chi connectivity index (χ0n) is 9.23. The van der Waals surface area contributed by atoms with Crippen molar-refractivity contribution in [3.05, 3.63) is 0 Å². The largest absolute Gasteiger partial charge is 0.346 e. The van der Waals surface area contributed by atoms with Gasteiger partial charge in [-0.15, -0.1) is 0 Å². The summed E-state index contributed by atoms with van der Waals surface area (Å²) in [6, 6.07) is 2.44. The molecule has 7 rings (SSSR count). The molecule has 1 aliphatic heterocycles. The summed E-state index contributed by atoms with van der Waals surface area (Å²) in [5.74, 6) is 4.05. The number of nitriles is 1. The maximum absolute atomic E-state index is 9.11. The molecule has 0 aromatic carbocycles. The van der Waals surface area contributed by atoms with Crippen molar-refractivity contribution in [2.45, 2.75) is 16.5 Å². The van der Waals surface area contributed by atoms with Crippen LogP contribution >= 0.6 is 15.9 Å². The van der Waals surface area contributed by atoms with Gasteiger partial charge in [-0.2, -0.15) is 5.26 Å². The van der Waals surface area contributed by atoms with E-state index in [1.807, 2.05) is 0 Å². The van der Waals surface area contributed by atoms with Crippen LogP contribution in [-0.4, -0.2) is 23.3 Å². The minimum atomic E-state index is -0.302. The number of rotatable bonds is 1. The average molecular weight is 294 g/mol. The first-order valence-corrected chi connectivity index (χ1v) is 7.38. The van der Waals surface area contributed by atoms with E-state index in [0.717, 1.165) is 43.3 Å². The van der Waals surface area contributed by atoms with Crippen molar-refractivity contribution in [3.8, 4) is 6.07 Å². The summed E-state index contributed by atoms with van der Waals surface area (Å²) in [5, 5.41) is 9.11. The molecule has 2 bridgehead atoms. The van der Waals surface area contributed by atoms with E-state index in [4.69, 9.17) is 14.7 Å². The Morgan fingerprint density at radius 1 is 1.18 bits per heavy atom. The highest BCUT2D eigenvalue weighted by Gasteiger charge is 3.08. The van der Waals surface area contributed by atoms with Crippen LogP contribution < -0.4 is 0 Å². The van der Waals surface area contributed by atoms with Gasteiger partial charge in [-0.3, -0.25) is 0 Å². The lowest BCUT2D eigenvalue weighted by Gasteiger charge is -2.37. The average Bonchev–Trinajstić information content (AvgIpc) is 2.99. The first kappa shape index (κ1) is 8.90. The normalized spacial score (nSPS) is 73.2. The van der Waals surface area contributed by atoms with Crippen molar-refractivity contribution in [2.75, 3.05) is 13.2 Å². The SMILES string of the molecule is N#CC[C@@]12[C@@H]3[C@@H]4[C@@H]5[C@@H]1[C@H]2[C@@](Br)([C@H]43)C51OCCO1. The van der Waals surface area contributed by atoms with E-state index in [0.29, 0.717) is 17.3 Å². The third-order valence-corrected chi connectivity index (χ3v) is 8.53. The summed E-state index contributed by atoms with van der Waals surface area (Å²) in [5.41, 5.74) is 0.374. The van der Waals surface area contributed by atoms with Crippen molar-refractivity contribution in [2.24, 2.45) is 40.9 Å². The summed E-state index contributed by atoms with van der Waals surface area (Å²) in [6.45, 7) is 1.50. The molecular formula is C13H12BrNO2. The predicted octanol–water partition coefficient (Wildman–Crippen LogP) is 1.53. The summed E-state index contributed by atoms with van der Waals surface area (Å²) >= 11 is 4.05. The second kappa shape index (κ2) is 2.01. The van der Waals surface area contributed by atoms with Gasteiger partial charge in [-0.25, -0.2) is 0 Å². The Bertz CT molecular complexity index is 524. The van der Waals surface area contributed by atoms with Gasteiger partial charge < -0.3 is 9.47 Å². The van der Waals surface area contributed by atoms with Crippen LogP contribution in [0.4, 0.5) is 0 Å². The topological polar surface area (TPSA) is 42.2 Å². The van der Waals surface area contributed by atoms with Crippen molar-refractivity contribution in [1.29, 1.82) is 5.26 Å². The van der Waals surface area contributed by atoms with E-state index >= 15 is 0 Å². The molecule has 1 spiro atoms. The summed E-state index contributed by atoms with van der Waals surface area (Å²) in [4.78, 5) is 0. The quantitative estimate of drug-likeness (QED) is 0.689. The second-order valence-corrected chi connectivity index (χ2v) is 8.05. The van der Waals surface area contributed by atoms with Crippen molar-refractivity contribution in [1.82, 2.24) is 0 Å². The summed E-state index contributed by atoms with van der Waals surface area (Å²) < 4.78 is 12.2. The molecule has 0 aromatic rings. The Hall–Kier alpha value is -0.110. The molecule has 1 saturated heterocycles. The maximum atomic E-state index is 9.11. The van der Waals surface area contributed by atoms with Crippen LogP contribution in [0.25, 0.3) is 0 Å². The van der Waals surface area contributed by atoms with Gasteiger partial charge in [0.05, 0.1) is 23.6 Å². The monoisotopic (exact) mass is 293 g/mol. The van der Waals surface area contributed by atoms with Crippen LogP contribution in [0.1, 0.15) is 6.42 Å². The molecule has 6 aliphatic carbocycles. The summed E-state index contributed by atoms with van der Waals surface area (Å²) in [7, 11) is 0. The highest BCUT2D eigenvalue weighted by Crippen LogP contribution is 3.05. The van der Waals surface area contributed by atoms with Gasteiger partial charge in [0.2, 0.25) is 0 Å². The van der Waals surface area contributed by atoms with E-state index in [9.17, 15) is 0 Å². The number of hydrogen-bond acceptors (Lipinski definition) is 3. The van der Waals surface area contributed by atoms with E-state index in [-0.39, 0.29) is 10.1 Å². The molecule has 0 unspecified atom stereocenters. The molecule has 1 heterocycles. The predicted molar refractivity (Wildman–Crippen MR) is 59.9 cm³/mol. The number of nitrogens with zero attached hydrogens (tertiary/aromatic N) is 1. The first-order chi connectivity index (χ1) is 8.25. The van der Waals surface area contributed by atoms with Crippen LogP contribution in [-0.2, 0) is 9.47 Å². The van der Waals surface area contributed by atoms with Crippen LogP contribution in [0.15, 0.2) is 0 Å². The van der Waals surface area contributed by atoms with Crippen molar-refractivity contribution < 1.29 is 9.47 Å². The third kappa shape index (κ3) is 0.505. The molecule has 7 fully saturated rings. The molecule has 8 atom stereocenters. The Balaban J connectivity index is 1.59. The van der Waals surface area contributed by atoms with E-state index in [2.05, 4.69) is 22.0 Å². The first-order valence-electron chi connectivity index (χ1n) is 6.59. The van der Waals surface area contributed by atoms with Crippen LogP contribution in [0, 0.1) is 52.3 Å². The minimum Gasteiger partial charge on any atom is -0.346 e. The molecule has 6 saturated carbocycles. The fourth-order valence-electron chi connectivity index (χ4n) is 7.09. The van der Waals surface area contributed by atoms with Crippen LogP contribution in [0.5, 0.6) is 0 Å². The summed E-state index contributed by atoms with van der Waals surface area (Å²) in [6.07, 6.45) is 0.764. The molecule has 0 amide bonds. The Morgan fingerprint density at radius 2 is 1.94 bits per heavy atom. The number of alkyl halides is 1. The smallest absolute Gasteiger partial charge is 0.187 e. The van der Waals surface area contributed by atoms with Gasteiger partial charge >= 0.3 is 0 Å². The minimum absolute atomic E-state index is 0.0675. The zero-order valence-corrected chi connectivity index (χ0v) is 10.8. The van der Waals surface area contributed by atoms with Crippen molar-refractivity contribution in [3.63, 3.8) is 0 Å². The Labute approximate surface area is 108 Å². The molecule has 3 nitrogen and oxygen atoms in total. The van der Waals surface area contributed by atoms with Crippen LogP contribution in [0.3, 0.4) is 0 Å². The van der Waals surface area contributed by atoms with E-state index in [1.165, 1.54) is 0 Å². The highest BCUT2D eigenvalue weighted by molar-refractivity contribution is 9.10. The van der Waals surface area contributed by atoms with Crippen molar-refractivity contribution >= 4 is 15.9 Å². The lowest BCUT2D eigenvalue weighted by atomic mass is 9.92. The Kier molecular flexibility index (Phi) is 1.05. The number of ether oxygens (including phenoxy) is 2. The zero-order chi connectivity index (χ0) is 11.2. The van der Waals surface area contributed by atoms with E-state index < -0.39 is 0 Å². The van der Waals surface area contributed by atoms with Gasteiger partial charge in [0, 0.05) is 12.3 Å². The number of hydrogen-bond donors (Lipinski definition) is 0. The van der Waals surface area contributed by atoms with Gasteiger partial charge in [-0.05, 0) is 35.0 Å². The molecule has 7 aliphatic rings. The molecule has 88 valence electrons. The van der Waals surface area contributed by atoms with E-state index in [1.54, 1.807) is 0 Å². The molecule has 0 aromatic heterocycles. The third-order valence-electron chi connectivity index (χ3n) is 6.96. The molecule has 0 N–H and O–H groups in total. The molecular weight excluding hydrogens is 282 g/mol. The lowest BCUT2D eigenvalue weighted by Crippen LogP contribution is -2.50. The van der Waals surface area contributed by atoms with Crippen LogP contribution in [0.2, 0.25) is 0 Å². The fourth-order valence-corrected chi connectivity index (χ4v) is 8.89. The molecule has 0 radical (unpaired) electrons. The van der Waals surface area contributed by atoms with Gasteiger partial charge in [-0.1, -0.05) is 15.9 Å². The Morgan fingerprint density at radius 3 is 2.47 bits per heavy atom.